The molecule has 1 aromatic carbocycles. The van der Waals surface area contributed by atoms with Crippen LogP contribution in [0.2, 0.25) is 0 Å². The molecule has 1 aromatic heterocycles. The van der Waals surface area contributed by atoms with E-state index in [0.717, 1.165) is 4.47 Å². The van der Waals surface area contributed by atoms with E-state index in [1.807, 2.05) is 0 Å². The minimum Gasteiger partial charge on any atom is -0.319 e. The molecule has 0 aliphatic rings. The first-order valence-electron chi connectivity index (χ1n) is 5.18. The van der Waals surface area contributed by atoms with Gasteiger partial charge in [-0.1, -0.05) is 15.9 Å². The van der Waals surface area contributed by atoms with Gasteiger partial charge in [-0.2, -0.15) is 13.2 Å². The van der Waals surface area contributed by atoms with E-state index in [4.69, 9.17) is 11.6 Å². The monoisotopic (exact) mass is 340 g/mol. The van der Waals surface area contributed by atoms with Crippen LogP contribution in [-0.2, 0) is 13.0 Å². The van der Waals surface area contributed by atoms with Crippen LogP contribution in [0.5, 0.6) is 0 Å². The molecule has 0 aliphatic carbocycles. The van der Waals surface area contributed by atoms with Crippen molar-refractivity contribution in [2.45, 2.75) is 19.1 Å². The number of alkyl halides is 4. The van der Waals surface area contributed by atoms with Crippen LogP contribution in [0.25, 0.3) is 11.0 Å². The highest BCUT2D eigenvalue weighted by Gasteiger charge is 2.30. The van der Waals surface area contributed by atoms with E-state index < -0.39 is 12.7 Å². The van der Waals surface area contributed by atoms with Crippen molar-refractivity contribution in [2.24, 2.45) is 0 Å². The van der Waals surface area contributed by atoms with Gasteiger partial charge in [-0.25, -0.2) is 4.98 Å². The highest BCUT2D eigenvalue weighted by Crippen LogP contribution is 2.25. The van der Waals surface area contributed by atoms with Crippen LogP contribution in [0.3, 0.4) is 0 Å². The number of hydrogen-bond acceptors (Lipinski definition) is 1. The Morgan fingerprint density at radius 2 is 2.06 bits per heavy atom. The number of fused-ring (bicyclic) bond motifs is 1. The van der Waals surface area contributed by atoms with Gasteiger partial charge in [-0.05, 0) is 18.2 Å². The predicted molar refractivity (Wildman–Crippen MR) is 67.9 cm³/mol. The zero-order valence-corrected chi connectivity index (χ0v) is 11.5. The third kappa shape index (κ3) is 2.98. The average molecular weight is 342 g/mol. The van der Waals surface area contributed by atoms with Crippen molar-refractivity contribution in [3.8, 4) is 0 Å². The molecule has 2 nitrogen and oxygen atoms in total. The highest BCUT2D eigenvalue weighted by atomic mass is 79.9. The number of benzene rings is 1. The van der Waals surface area contributed by atoms with Crippen molar-refractivity contribution in [1.29, 1.82) is 0 Å². The molecule has 0 amide bonds. The molecule has 0 bridgehead atoms. The SMILES string of the molecule is FC(F)(F)Cn1c(CCCl)nc2cc(Br)ccc21. The molecule has 98 valence electrons. The Morgan fingerprint density at radius 3 is 2.67 bits per heavy atom. The van der Waals surface area contributed by atoms with Crippen molar-refractivity contribution in [1.82, 2.24) is 9.55 Å². The molecule has 1 heterocycles. The van der Waals surface area contributed by atoms with E-state index in [1.54, 1.807) is 18.2 Å². The second-order valence-electron chi connectivity index (χ2n) is 3.80. The van der Waals surface area contributed by atoms with Crippen LogP contribution in [0.4, 0.5) is 13.2 Å². The third-order valence-electron chi connectivity index (χ3n) is 2.44. The summed E-state index contributed by atoms with van der Waals surface area (Å²) in [6.45, 7) is -1.04. The summed E-state index contributed by atoms with van der Waals surface area (Å²) < 4.78 is 39.6. The molecule has 0 saturated heterocycles. The summed E-state index contributed by atoms with van der Waals surface area (Å²) >= 11 is 8.86. The van der Waals surface area contributed by atoms with Crippen LogP contribution in [0.1, 0.15) is 5.82 Å². The standard InChI is InChI=1S/C11H9BrClF3N2/c12-7-1-2-9-8(5-7)17-10(3-4-13)18(9)6-11(14,15)16/h1-2,5H,3-4,6H2. The van der Waals surface area contributed by atoms with E-state index in [9.17, 15) is 13.2 Å². The fourth-order valence-corrected chi connectivity index (χ4v) is 2.30. The summed E-state index contributed by atoms with van der Waals surface area (Å²) in [6, 6.07) is 5.01. The van der Waals surface area contributed by atoms with Crippen LogP contribution in [-0.4, -0.2) is 21.6 Å². The fourth-order valence-electron chi connectivity index (χ4n) is 1.78. The topological polar surface area (TPSA) is 17.8 Å². The molecule has 0 saturated carbocycles. The molecule has 0 radical (unpaired) electrons. The molecule has 7 heteroatoms. The molecule has 0 unspecified atom stereocenters. The van der Waals surface area contributed by atoms with Gasteiger partial charge in [0.25, 0.3) is 0 Å². The summed E-state index contributed by atoms with van der Waals surface area (Å²) in [4.78, 5) is 4.20. The van der Waals surface area contributed by atoms with Gasteiger partial charge in [0.1, 0.15) is 12.4 Å². The average Bonchev–Trinajstić information content (AvgIpc) is 2.54. The zero-order chi connectivity index (χ0) is 13.3. The van der Waals surface area contributed by atoms with Gasteiger partial charge in [0.15, 0.2) is 0 Å². The van der Waals surface area contributed by atoms with Crippen LogP contribution >= 0.6 is 27.5 Å². The molecule has 0 spiro atoms. The minimum absolute atomic E-state index is 0.238. The van der Waals surface area contributed by atoms with Crippen molar-refractivity contribution in [2.75, 3.05) is 5.88 Å². The van der Waals surface area contributed by atoms with Crippen molar-refractivity contribution >= 4 is 38.6 Å². The van der Waals surface area contributed by atoms with Gasteiger partial charge >= 0.3 is 6.18 Å². The molecule has 0 aliphatic heterocycles. The van der Waals surface area contributed by atoms with Crippen LogP contribution in [0.15, 0.2) is 22.7 Å². The number of hydrogen-bond donors (Lipinski definition) is 0. The Hall–Kier alpha value is -0.750. The summed E-state index contributed by atoms with van der Waals surface area (Å²) in [6.07, 6.45) is -3.97. The molecular weight excluding hydrogens is 332 g/mol. The van der Waals surface area contributed by atoms with Gasteiger partial charge in [0.2, 0.25) is 0 Å². The lowest BCUT2D eigenvalue weighted by Crippen LogP contribution is -2.19. The maximum atomic E-state index is 12.6. The van der Waals surface area contributed by atoms with Crippen molar-refractivity contribution in [3.05, 3.63) is 28.5 Å². The lowest BCUT2D eigenvalue weighted by Gasteiger charge is -2.11. The van der Waals surface area contributed by atoms with E-state index in [-0.39, 0.29) is 5.88 Å². The second-order valence-corrected chi connectivity index (χ2v) is 5.10. The van der Waals surface area contributed by atoms with Crippen molar-refractivity contribution < 1.29 is 13.2 Å². The van der Waals surface area contributed by atoms with E-state index in [0.29, 0.717) is 23.3 Å². The van der Waals surface area contributed by atoms with Gasteiger partial charge in [-0.15, -0.1) is 11.6 Å². The van der Waals surface area contributed by atoms with E-state index >= 15 is 0 Å². The Morgan fingerprint density at radius 1 is 1.33 bits per heavy atom. The Labute approximate surface area is 115 Å². The first kappa shape index (κ1) is 13.7. The lowest BCUT2D eigenvalue weighted by atomic mass is 10.3. The maximum absolute atomic E-state index is 12.6. The van der Waals surface area contributed by atoms with Crippen LogP contribution < -0.4 is 0 Å². The van der Waals surface area contributed by atoms with Crippen molar-refractivity contribution in [3.63, 3.8) is 0 Å². The number of rotatable bonds is 3. The molecule has 2 aromatic rings. The quantitative estimate of drug-likeness (QED) is 0.767. The largest absolute Gasteiger partial charge is 0.406 e. The minimum atomic E-state index is -4.28. The first-order valence-corrected chi connectivity index (χ1v) is 6.51. The Bertz CT molecular complexity index is 565. The van der Waals surface area contributed by atoms with Gasteiger partial charge < -0.3 is 4.57 Å². The molecule has 0 N–H and O–H groups in total. The van der Waals surface area contributed by atoms with Gasteiger partial charge in [0, 0.05) is 16.8 Å². The van der Waals surface area contributed by atoms with E-state index in [2.05, 4.69) is 20.9 Å². The maximum Gasteiger partial charge on any atom is 0.406 e. The molecule has 18 heavy (non-hydrogen) atoms. The number of nitrogens with zero attached hydrogens (tertiary/aromatic N) is 2. The molecule has 0 atom stereocenters. The summed E-state index contributed by atoms with van der Waals surface area (Å²) in [7, 11) is 0. The summed E-state index contributed by atoms with van der Waals surface area (Å²) in [5, 5.41) is 0. The molecule has 0 fully saturated rings. The predicted octanol–water partition coefficient (Wildman–Crippen LogP) is 4.14. The zero-order valence-electron chi connectivity index (χ0n) is 9.14. The van der Waals surface area contributed by atoms with Crippen LogP contribution in [0, 0.1) is 0 Å². The lowest BCUT2D eigenvalue weighted by molar-refractivity contribution is -0.140. The van der Waals surface area contributed by atoms with Gasteiger partial charge in [0.05, 0.1) is 11.0 Å². The summed E-state index contributed by atoms with van der Waals surface area (Å²) in [5.41, 5.74) is 1.00. The molecule has 2 rings (SSSR count). The number of halogens is 5. The highest BCUT2D eigenvalue weighted by molar-refractivity contribution is 9.10. The normalized spacial score (nSPS) is 12.3. The third-order valence-corrected chi connectivity index (χ3v) is 3.13. The Balaban J connectivity index is 2.55. The number of imidazole rings is 1. The van der Waals surface area contributed by atoms with E-state index in [1.165, 1.54) is 4.57 Å². The first-order chi connectivity index (χ1) is 8.40. The number of aryl methyl sites for hydroxylation is 1. The fraction of sp³-hybridized carbons (Fsp3) is 0.364. The Kier molecular flexibility index (Phi) is 3.87. The summed E-state index contributed by atoms with van der Waals surface area (Å²) in [5.74, 6) is 0.595. The van der Waals surface area contributed by atoms with Gasteiger partial charge in [-0.3, -0.25) is 0 Å². The molecular formula is C11H9BrClF3N2. The smallest absolute Gasteiger partial charge is 0.319 e. The second kappa shape index (κ2) is 5.09. The number of aromatic nitrogens is 2.